The SMILES string of the molecule is Cc1ccc(C)c(Nc2cnc(C(=O)NC(C)C)cn2)c1. The molecule has 0 aliphatic rings. The van der Waals surface area contributed by atoms with Gasteiger partial charge in [0, 0.05) is 11.7 Å². The summed E-state index contributed by atoms with van der Waals surface area (Å²) in [4.78, 5) is 20.2. The lowest BCUT2D eigenvalue weighted by molar-refractivity contribution is 0.0937. The van der Waals surface area contributed by atoms with E-state index in [9.17, 15) is 4.79 Å². The van der Waals surface area contributed by atoms with E-state index < -0.39 is 0 Å². The molecule has 0 unspecified atom stereocenters. The number of carbonyl (C=O) groups is 1. The van der Waals surface area contributed by atoms with Crippen molar-refractivity contribution >= 4 is 17.4 Å². The first-order valence-electron chi connectivity index (χ1n) is 6.93. The molecule has 0 radical (unpaired) electrons. The Morgan fingerprint density at radius 2 is 1.90 bits per heavy atom. The summed E-state index contributed by atoms with van der Waals surface area (Å²) in [6.45, 7) is 7.87. The van der Waals surface area contributed by atoms with Crippen molar-refractivity contribution in [3.63, 3.8) is 0 Å². The number of aryl methyl sites for hydroxylation is 2. The van der Waals surface area contributed by atoms with Gasteiger partial charge in [0.15, 0.2) is 0 Å². The van der Waals surface area contributed by atoms with Crippen LogP contribution in [0, 0.1) is 13.8 Å². The van der Waals surface area contributed by atoms with Crippen LogP contribution in [0.5, 0.6) is 0 Å². The number of aromatic nitrogens is 2. The minimum atomic E-state index is -0.212. The highest BCUT2D eigenvalue weighted by molar-refractivity contribution is 5.92. The van der Waals surface area contributed by atoms with Crippen LogP contribution in [0.15, 0.2) is 30.6 Å². The van der Waals surface area contributed by atoms with Gasteiger partial charge in [-0.3, -0.25) is 4.79 Å². The molecule has 2 N–H and O–H groups in total. The highest BCUT2D eigenvalue weighted by Crippen LogP contribution is 2.20. The van der Waals surface area contributed by atoms with Crippen molar-refractivity contribution in [3.05, 3.63) is 47.4 Å². The Bertz CT molecular complexity index is 635. The second-order valence-corrected chi connectivity index (χ2v) is 5.36. The number of anilines is 2. The zero-order valence-electron chi connectivity index (χ0n) is 12.8. The molecule has 2 aromatic rings. The van der Waals surface area contributed by atoms with Gasteiger partial charge >= 0.3 is 0 Å². The molecule has 1 amide bonds. The molecule has 110 valence electrons. The molecule has 0 saturated heterocycles. The van der Waals surface area contributed by atoms with E-state index in [2.05, 4.69) is 38.8 Å². The van der Waals surface area contributed by atoms with Crippen LogP contribution in [-0.2, 0) is 0 Å². The van der Waals surface area contributed by atoms with Crippen LogP contribution in [0.1, 0.15) is 35.5 Å². The van der Waals surface area contributed by atoms with E-state index >= 15 is 0 Å². The Morgan fingerprint density at radius 3 is 2.52 bits per heavy atom. The van der Waals surface area contributed by atoms with Crippen molar-refractivity contribution < 1.29 is 4.79 Å². The fourth-order valence-corrected chi connectivity index (χ4v) is 1.85. The number of hydrogen-bond acceptors (Lipinski definition) is 4. The van der Waals surface area contributed by atoms with Gasteiger partial charge in [0.2, 0.25) is 0 Å². The summed E-state index contributed by atoms with van der Waals surface area (Å²) in [6.07, 6.45) is 3.04. The molecule has 0 saturated carbocycles. The predicted octanol–water partition coefficient (Wildman–Crippen LogP) is 2.98. The first kappa shape index (κ1) is 15.0. The van der Waals surface area contributed by atoms with Crippen molar-refractivity contribution in [2.75, 3.05) is 5.32 Å². The van der Waals surface area contributed by atoms with Crippen molar-refractivity contribution in [3.8, 4) is 0 Å². The molecule has 1 aromatic carbocycles. The minimum Gasteiger partial charge on any atom is -0.348 e. The van der Waals surface area contributed by atoms with Gasteiger partial charge in [0.05, 0.1) is 12.4 Å². The Balaban J connectivity index is 2.12. The minimum absolute atomic E-state index is 0.0760. The molecule has 5 nitrogen and oxygen atoms in total. The topological polar surface area (TPSA) is 66.9 Å². The van der Waals surface area contributed by atoms with E-state index in [0.29, 0.717) is 11.5 Å². The van der Waals surface area contributed by atoms with Crippen molar-refractivity contribution in [1.29, 1.82) is 0 Å². The Morgan fingerprint density at radius 1 is 1.14 bits per heavy atom. The maximum Gasteiger partial charge on any atom is 0.271 e. The van der Waals surface area contributed by atoms with Crippen LogP contribution in [0.2, 0.25) is 0 Å². The van der Waals surface area contributed by atoms with E-state index in [1.54, 1.807) is 6.20 Å². The smallest absolute Gasteiger partial charge is 0.271 e. The van der Waals surface area contributed by atoms with Crippen molar-refractivity contribution in [2.45, 2.75) is 33.7 Å². The van der Waals surface area contributed by atoms with E-state index in [1.165, 1.54) is 11.8 Å². The first-order chi connectivity index (χ1) is 9.95. The standard InChI is InChI=1S/C16H20N4O/c1-10(2)19-16(21)14-8-18-15(9-17-14)20-13-7-11(3)5-6-12(13)4/h5-10H,1-4H3,(H,18,20)(H,19,21). The van der Waals surface area contributed by atoms with Crippen LogP contribution < -0.4 is 10.6 Å². The van der Waals surface area contributed by atoms with Gasteiger partial charge in [-0.1, -0.05) is 12.1 Å². The highest BCUT2D eigenvalue weighted by Gasteiger charge is 2.09. The Labute approximate surface area is 124 Å². The molecule has 5 heteroatoms. The van der Waals surface area contributed by atoms with Crippen LogP contribution in [0.3, 0.4) is 0 Å². The van der Waals surface area contributed by atoms with Gasteiger partial charge in [-0.2, -0.15) is 0 Å². The van der Waals surface area contributed by atoms with Crippen molar-refractivity contribution in [2.24, 2.45) is 0 Å². The van der Waals surface area contributed by atoms with Crippen LogP contribution in [0.4, 0.5) is 11.5 Å². The third-order valence-corrected chi connectivity index (χ3v) is 2.96. The summed E-state index contributed by atoms with van der Waals surface area (Å²) in [5.41, 5.74) is 3.60. The van der Waals surface area contributed by atoms with E-state index in [-0.39, 0.29) is 11.9 Å². The molecule has 21 heavy (non-hydrogen) atoms. The summed E-state index contributed by atoms with van der Waals surface area (Å²) in [6, 6.07) is 6.24. The Kier molecular flexibility index (Phi) is 4.52. The summed E-state index contributed by atoms with van der Waals surface area (Å²) >= 11 is 0. The van der Waals surface area contributed by atoms with Gasteiger partial charge in [-0.05, 0) is 44.9 Å². The average molecular weight is 284 g/mol. The largest absolute Gasteiger partial charge is 0.348 e. The normalized spacial score (nSPS) is 10.5. The lowest BCUT2D eigenvalue weighted by Crippen LogP contribution is -2.30. The number of benzene rings is 1. The molecule has 0 fully saturated rings. The van der Waals surface area contributed by atoms with Crippen LogP contribution >= 0.6 is 0 Å². The fourth-order valence-electron chi connectivity index (χ4n) is 1.85. The average Bonchev–Trinajstić information content (AvgIpc) is 2.43. The van der Waals surface area contributed by atoms with E-state index in [4.69, 9.17) is 0 Å². The summed E-state index contributed by atoms with van der Waals surface area (Å²) in [7, 11) is 0. The third-order valence-electron chi connectivity index (χ3n) is 2.96. The predicted molar refractivity (Wildman–Crippen MR) is 83.8 cm³/mol. The molecule has 1 heterocycles. The number of amides is 1. The van der Waals surface area contributed by atoms with Crippen LogP contribution in [0.25, 0.3) is 0 Å². The van der Waals surface area contributed by atoms with Gasteiger partial charge in [0.25, 0.3) is 5.91 Å². The number of carbonyl (C=O) groups excluding carboxylic acids is 1. The lowest BCUT2D eigenvalue weighted by atomic mass is 10.1. The number of nitrogens with one attached hydrogen (secondary N) is 2. The zero-order valence-corrected chi connectivity index (χ0v) is 12.8. The number of nitrogens with zero attached hydrogens (tertiary/aromatic N) is 2. The van der Waals surface area contributed by atoms with Gasteiger partial charge in [-0.25, -0.2) is 9.97 Å². The molecular weight excluding hydrogens is 264 g/mol. The monoisotopic (exact) mass is 284 g/mol. The van der Waals surface area contributed by atoms with E-state index in [0.717, 1.165) is 11.3 Å². The van der Waals surface area contributed by atoms with Crippen LogP contribution in [-0.4, -0.2) is 21.9 Å². The molecule has 0 aliphatic heterocycles. The van der Waals surface area contributed by atoms with Gasteiger partial charge in [-0.15, -0.1) is 0 Å². The second-order valence-electron chi connectivity index (χ2n) is 5.36. The Hall–Kier alpha value is -2.43. The number of rotatable bonds is 4. The maximum atomic E-state index is 11.8. The van der Waals surface area contributed by atoms with Gasteiger partial charge in [0.1, 0.15) is 11.5 Å². The molecule has 1 aromatic heterocycles. The zero-order chi connectivity index (χ0) is 15.4. The molecule has 0 spiro atoms. The van der Waals surface area contributed by atoms with E-state index in [1.807, 2.05) is 27.7 Å². The fraction of sp³-hybridized carbons (Fsp3) is 0.312. The maximum absolute atomic E-state index is 11.8. The lowest BCUT2D eigenvalue weighted by Gasteiger charge is -2.10. The highest BCUT2D eigenvalue weighted by atomic mass is 16.1. The van der Waals surface area contributed by atoms with Crippen molar-refractivity contribution in [1.82, 2.24) is 15.3 Å². The van der Waals surface area contributed by atoms with Gasteiger partial charge < -0.3 is 10.6 Å². The summed E-state index contributed by atoms with van der Waals surface area (Å²) in [5.74, 6) is 0.403. The quantitative estimate of drug-likeness (QED) is 0.905. The third kappa shape index (κ3) is 4.02. The second kappa shape index (κ2) is 6.35. The molecule has 2 rings (SSSR count). The summed E-state index contributed by atoms with van der Waals surface area (Å²) in [5, 5.41) is 6.00. The summed E-state index contributed by atoms with van der Waals surface area (Å²) < 4.78 is 0. The molecule has 0 atom stereocenters. The molecular formula is C16H20N4O. The number of hydrogen-bond donors (Lipinski definition) is 2. The molecule has 0 aliphatic carbocycles. The first-order valence-corrected chi connectivity index (χ1v) is 6.93. The molecule has 0 bridgehead atoms.